The first kappa shape index (κ1) is 18.1. The normalized spacial score (nSPS) is 10.4. The van der Waals surface area contributed by atoms with Gasteiger partial charge in [0.15, 0.2) is 0 Å². The summed E-state index contributed by atoms with van der Waals surface area (Å²) in [6, 6.07) is 12.2. The highest BCUT2D eigenvalue weighted by Gasteiger charge is 2.10. The third-order valence-electron chi connectivity index (χ3n) is 3.02. The van der Waals surface area contributed by atoms with Gasteiger partial charge in [0.1, 0.15) is 0 Å². The van der Waals surface area contributed by atoms with Gasteiger partial charge < -0.3 is 5.32 Å². The van der Waals surface area contributed by atoms with Gasteiger partial charge >= 0.3 is 0 Å². The molecule has 0 aliphatic rings. The third-order valence-corrected chi connectivity index (χ3v) is 3.26. The minimum absolute atomic E-state index is 0.130. The summed E-state index contributed by atoms with van der Waals surface area (Å²) in [5, 5.41) is 17.3. The Morgan fingerprint density at radius 2 is 1.96 bits per heavy atom. The molecule has 2 N–H and O–H groups in total. The van der Waals surface area contributed by atoms with E-state index in [4.69, 9.17) is 11.6 Å². The molecule has 0 fully saturated rings. The van der Waals surface area contributed by atoms with Gasteiger partial charge in [-0.05, 0) is 24.3 Å². The van der Waals surface area contributed by atoms with Crippen molar-refractivity contribution in [1.29, 1.82) is 0 Å². The standard InChI is InChI=1S/C16H13ClN4O4/c17-13-6-3-5-11(8-13)16(23)18-10-15(22)20-19-9-12-4-1-2-7-14(12)21(24)25/h1-9H,10H2,(H,18,23)(H,20,22)/b19-9-. The van der Waals surface area contributed by atoms with Crippen molar-refractivity contribution in [3.8, 4) is 0 Å². The zero-order valence-electron chi connectivity index (χ0n) is 12.8. The van der Waals surface area contributed by atoms with Gasteiger partial charge in [-0.25, -0.2) is 5.43 Å². The summed E-state index contributed by atoms with van der Waals surface area (Å²) in [6.45, 7) is -0.306. The number of rotatable bonds is 6. The number of nitrogens with one attached hydrogen (secondary N) is 2. The van der Waals surface area contributed by atoms with Crippen molar-refractivity contribution in [2.45, 2.75) is 0 Å². The number of halogens is 1. The van der Waals surface area contributed by atoms with Crippen LogP contribution in [0.15, 0.2) is 53.6 Å². The van der Waals surface area contributed by atoms with Crippen LogP contribution < -0.4 is 10.7 Å². The van der Waals surface area contributed by atoms with Crippen molar-refractivity contribution in [2.75, 3.05) is 6.54 Å². The molecule has 128 valence electrons. The van der Waals surface area contributed by atoms with Crippen LogP contribution >= 0.6 is 11.6 Å². The summed E-state index contributed by atoms with van der Waals surface area (Å²) in [5.41, 5.74) is 2.62. The number of nitrogens with zero attached hydrogens (tertiary/aromatic N) is 2. The van der Waals surface area contributed by atoms with Gasteiger partial charge in [0, 0.05) is 16.7 Å². The number of amides is 2. The molecule has 0 heterocycles. The molecule has 2 amide bonds. The third kappa shape index (κ3) is 5.40. The molecular weight excluding hydrogens is 348 g/mol. The van der Waals surface area contributed by atoms with Crippen LogP contribution in [0.1, 0.15) is 15.9 Å². The Kier molecular flexibility index (Phi) is 6.19. The smallest absolute Gasteiger partial charge is 0.278 e. The predicted molar refractivity (Wildman–Crippen MR) is 92.6 cm³/mol. The summed E-state index contributed by atoms with van der Waals surface area (Å²) < 4.78 is 0. The van der Waals surface area contributed by atoms with Crippen LogP contribution in [-0.4, -0.2) is 29.5 Å². The highest BCUT2D eigenvalue weighted by molar-refractivity contribution is 6.30. The number of nitro benzene ring substituents is 1. The minimum atomic E-state index is -0.579. The van der Waals surface area contributed by atoms with E-state index in [0.29, 0.717) is 10.6 Å². The van der Waals surface area contributed by atoms with Crippen LogP contribution in [0, 0.1) is 10.1 Å². The number of hydrogen-bond acceptors (Lipinski definition) is 5. The maximum atomic E-state index is 11.9. The van der Waals surface area contributed by atoms with Crippen molar-refractivity contribution in [3.63, 3.8) is 0 Å². The molecule has 0 atom stereocenters. The molecule has 25 heavy (non-hydrogen) atoms. The van der Waals surface area contributed by atoms with Gasteiger partial charge in [0.05, 0.1) is 23.2 Å². The van der Waals surface area contributed by atoms with Gasteiger partial charge in [-0.2, -0.15) is 5.10 Å². The molecule has 0 radical (unpaired) electrons. The summed E-state index contributed by atoms with van der Waals surface area (Å²) >= 11 is 5.79. The van der Waals surface area contributed by atoms with Crippen LogP contribution in [0.4, 0.5) is 5.69 Å². The molecule has 0 spiro atoms. The van der Waals surface area contributed by atoms with Crippen LogP contribution in [0.2, 0.25) is 5.02 Å². The number of hydrazone groups is 1. The Morgan fingerprint density at radius 3 is 2.68 bits per heavy atom. The van der Waals surface area contributed by atoms with Crippen molar-refractivity contribution >= 4 is 35.3 Å². The van der Waals surface area contributed by atoms with E-state index < -0.39 is 16.7 Å². The molecule has 0 saturated heterocycles. The number of carbonyl (C=O) groups is 2. The molecule has 0 saturated carbocycles. The average molecular weight is 361 g/mol. The average Bonchev–Trinajstić information content (AvgIpc) is 2.60. The zero-order valence-corrected chi connectivity index (χ0v) is 13.6. The van der Waals surface area contributed by atoms with E-state index in [2.05, 4.69) is 15.8 Å². The van der Waals surface area contributed by atoms with E-state index >= 15 is 0 Å². The van der Waals surface area contributed by atoms with Crippen molar-refractivity contribution in [1.82, 2.24) is 10.7 Å². The van der Waals surface area contributed by atoms with Crippen LogP contribution in [-0.2, 0) is 4.79 Å². The van der Waals surface area contributed by atoms with Crippen molar-refractivity contribution in [3.05, 3.63) is 74.8 Å². The molecule has 8 nitrogen and oxygen atoms in total. The summed E-state index contributed by atoms with van der Waals surface area (Å²) in [4.78, 5) is 33.8. The lowest BCUT2D eigenvalue weighted by Crippen LogP contribution is -2.34. The fourth-order valence-electron chi connectivity index (χ4n) is 1.87. The molecular formula is C16H13ClN4O4. The number of benzene rings is 2. The van der Waals surface area contributed by atoms with Crippen LogP contribution in [0.3, 0.4) is 0 Å². The first-order valence-corrected chi connectivity index (χ1v) is 7.44. The Balaban J connectivity index is 1.87. The maximum Gasteiger partial charge on any atom is 0.278 e. The summed E-state index contributed by atoms with van der Waals surface area (Å²) in [6.07, 6.45) is 1.16. The molecule has 0 bridgehead atoms. The Hall–Kier alpha value is -3.26. The quantitative estimate of drug-likeness (QED) is 0.466. The molecule has 2 rings (SSSR count). The van der Waals surface area contributed by atoms with Crippen molar-refractivity contribution < 1.29 is 14.5 Å². The largest absolute Gasteiger partial charge is 0.343 e. The van der Waals surface area contributed by atoms with Gasteiger partial charge in [-0.3, -0.25) is 19.7 Å². The zero-order chi connectivity index (χ0) is 18.2. The molecule has 9 heteroatoms. The highest BCUT2D eigenvalue weighted by atomic mass is 35.5. The Labute approximate surface area is 147 Å². The first-order chi connectivity index (χ1) is 12.0. The molecule has 0 aliphatic carbocycles. The number of nitro groups is 1. The maximum absolute atomic E-state index is 11.9. The van der Waals surface area contributed by atoms with Crippen molar-refractivity contribution in [2.24, 2.45) is 5.10 Å². The highest BCUT2D eigenvalue weighted by Crippen LogP contribution is 2.15. The fraction of sp³-hybridized carbons (Fsp3) is 0.0625. The lowest BCUT2D eigenvalue weighted by molar-refractivity contribution is -0.385. The first-order valence-electron chi connectivity index (χ1n) is 7.06. The van der Waals surface area contributed by atoms with E-state index in [0.717, 1.165) is 6.21 Å². The summed E-state index contributed by atoms with van der Waals surface area (Å²) in [7, 11) is 0. The molecule has 2 aromatic carbocycles. The minimum Gasteiger partial charge on any atom is -0.343 e. The number of para-hydroxylation sites is 1. The molecule has 2 aromatic rings. The van der Waals surface area contributed by atoms with E-state index in [9.17, 15) is 19.7 Å². The molecule has 0 unspecified atom stereocenters. The number of hydrogen-bond donors (Lipinski definition) is 2. The monoisotopic (exact) mass is 360 g/mol. The van der Waals surface area contributed by atoms with Crippen LogP contribution in [0.5, 0.6) is 0 Å². The Bertz CT molecular complexity index is 838. The van der Waals surface area contributed by atoms with Gasteiger partial charge in [-0.15, -0.1) is 0 Å². The van der Waals surface area contributed by atoms with Gasteiger partial charge in [-0.1, -0.05) is 29.8 Å². The van der Waals surface area contributed by atoms with E-state index in [1.165, 1.54) is 24.3 Å². The van der Waals surface area contributed by atoms with Crippen LogP contribution in [0.25, 0.3) is 0 Å². The van der Waals surface area contributed by atoms with Gasteiger partial charge in [0.25, 0.3) is 17.5 Å². The van der Waals surface area contributed by atoms with E-state index in [-0.39, 0.29) is 17.8 Å². The lowest BCUT2D eigenvalue weighted by atomic mass is 10.2. The molecule has 0 aromatic heterocycles. The van der Waals surface area contributed by atoms with E-state index in [1.54, 1.807) is 24.3 Å². The topological polar surface area (TPSA) is 114 Å². The molecule has 0 aliphatic heterocycles. The summed E-state index contributed by atoms with van der Waals surface area (Å²) in [5.74, 6) is -1.04. The second-order valence-corrected chi connectivity index (χ2v) is 5.24. The predicted octanol–water partition coefficient (Wildman–Crippen LogP) is 2.13. The SMILES string of the molecule is O=C(CNC(=O)c1cccc(Cl)c1)N/N=C\c1ccccc1[N+](=O)[O-]. The second-order valence-electron chi connectivity index (χ2n) is 4.80. The fourth-order valence-corrected chi connectivity index (χ4v) is 2.06. The van der Waals surface area contributed by atoms with E-state index in [1.807, 2.05) is 0 Å². The Morgan fingerprint density at radius 1 is 1.20 bits per heavy atom. The number of carbonyl (C=O) groups excluding carboxylic acids is 2. The van der Waals surface area contributed by atoms with Gasteiger partial charge in [0.2, 0.25) is 0 Å². The second kappa shape index (κ2) is 8.55. The lowest BCUT2D eigenvalue weighted by Gasteiger charge is -2.04.